The predicted molar refractivity (Wildman–Crippen MR) is 52.6 cm³/mol. The van der Waals surface area contributed by atoms with Crippen LogP contribution in [0.25, 0.3) is 0 Å². The minimum absolute atomic E-state index is 0.143. The molecule has 0 bridgehead atoms. The molecule has 0 heterocycles. The fourth-order valence-electron chi connectivity index (χ4n) is 2.74. The van der Waals surface area contributed by atoms with Crippen molar-refractivity contribution >= 4 is 5.91 Å². The highest BCUT2D eigenvalue weighted by Crippen LogP contribution is 2.54. The van der Waals surface area contributed by atoms with Crippen LogP contribution in [0.2, 0.25) is 0 Å². The van der Waals surface area contributed by atoms with Gasteiger partial charge in [0.05, 0.1) is 0 Å². The van der Waals surface area contributed by atoms with Crippen molar-refractivity contribution in [1.29, 1.82) is 0 Å². The van der Waals surface area contributed by atoms with Crippen molar-refractivity contribution in [1.82, 2.24) is 4.90 Å². The Morgan fingerprint density at radius 2 is 1.81 bits per heavy atom. The first-order valence-corrected chi connectivity index (χ1v) is 5.76. The third kappa shape index (κ3) is 2.50. The van der Waals surface area contributed by atoms with Crippen LogP contribution in [0.5, 0.6) is 0 Å². The maximum atomic E-state index is 12.2. The summed E-state index contributed by atoms with van der Waals surface area (Å²) in [7, 11) is 0. The van der Waals surface area contributed by atoms with Crippen LogP contribution in [-0.4, -0.2) is 30.1 Å². The summed E-state index contributed by atoms with van der Waals surface area (Å²) in [6.45, 7) is 0.637. The third-order valence-electron chi connectivity index (χ3n) is 3.66. The van der Waals surface area contributed by atoms with Gasteiger partial charge in [-0.15, -0.1) is 0 Å². The highest BCUT2D eigenvalue weighted by atomic mass is 19.4. The first kappa shape index (κ1) is 11.7. The van der Waals surface area contributed by atoms with Crippen LogP contribution in [0, 0.1) is 17.8 Å². The van der Waals surface area contributed by atoms with Crippen molar-refractivity contribution in [3.05, 3.63) is 0 Å². The standard InChI is InChI=1S/C11H16F3NO/c1-2-15(6-11(12,13)14)10(16)9-4-7-3-8(7)5-9/h7-9H,2-6H2,1H3. The van der Waals surface area contributed by atoms with E-state index in [9.17, 15) is 18.0 Å². The number of amides is 1. The zero-order valence-corrected chi connectivity index (χ0v) is 9.26. The minimum atomic E-state index is -4.28. The smallest absolute Gasteiger partial charge is 0.334 e. The largest absolute Gasteiger partial charge is 0.406 e. The molecule has 0 aromatic heterocycles. The lowest BCUT2D eigenvalue weighted by Gasteiger charge is -2.25. The highest BCUT2D eigenvalue weighted by molar-refractivity contribution is 5.79. The Balaban J connectivity index is 1.90. The highest BCUT2D eigenvalue weighted by Gasteiger charge is 2.49. The molecule has 1 amide bonds. The van der Waals surface area contributed by atoms with E-state index in [1.165, 1.54) is 6.42 Å². The summed E-state index contributed by atoms with van der Waals surface area (Å²) in [5, 5.41) is 0. The van der Waals surface area contributed by atoms with E-state index in [2.05, 4.69) is 0 Å². The van der Waals surface area contributed by atoms with Gasteiger partial charge in [-0.25, -0.2) is 0 Å². The van der Waals surface area contributed by atoms with E-state index in [-0.39, 0.29) is 18.4 Å². The molecule has 0 spiro atoms. The quantitative estimate of drug-likeness (QED) is 0.735. The molecular formula is C11H16F3NO. The number of fused-ring (bicyclic) bond motifs is 1. The van der Waals surface area contributed by atoms with E-state index >= 15 is 0 Å². The van der Waals surface area contributed by atoms with Gasteiger partial charge in [-0.1, -0.05) is 0 Å². The predicted octanol–water partition coefficient (Wildman–Crippen LogP) is 2.44. The van der Waals surface area contributed by atoms with Gasteiger partial charge in [-0.2, -0.15) is 13.2 Å². The number of carbonyl (C=O) groups is 1. The molecule has 5 heteroatoms. The molecule has 0 aliphatic heterocycles. The number of halogens is 3. The van der Waals surface area contributed by atoms with Gasteiger partial charge in [0.15, 0.2) is 0 Å². The number of alkyl halides is 3. The van der Waals surface area contributed by atoms with E-state index in [4.69, 9.17) is 0 Å². The lowest BCUT2D eigenvalue weighted by molar-refractivity contribution is -0.163. The van der Waals surface area contributed by atoms with Gasteiger partial charge < -0.3 is 4.90 Å². The van der Waals surface area contributed by atoms with E-state index < -0.39 is 12.7 Å². The van der Waals surface area contributed by atoms with Crippen molar-refractivity contribution in [2.45, 2.75) is 32.4 Å². The molecule has 92 valence electrons. The normalized spacial score (nSPS) is 32.4. The fourth-order valence-corrected chi connectivity index (χ4v) is 2.74. The zero-order valence-electron chi connectivity index (χ0n) is 9.26. The zero-order chi connectivity index (χ0) is 11.9. The molecule has 0 aromatic carbocycles. The van der Waals surface area contributed by atoms with Crippen LogP contribution in [0.15, 0.2) is 0 Å². The average Bonchev–Trinajstić information content (AvgIpc) is 2.80. The molecule has 2 aliphatic rings. The van der Waals surface area contributed by atoms with E-state index in [0.717, 1.165) is 17.7 Å². The summed E-state index contributed by atoms with van der Waals surface area (Å²) in [5.41, 5.74) is 0. The van der Waals surface area contributed by atoms with Crippen LogP contribution in [-0.2, 0) is 4.79 Å². The molecule has 16 heavy (non-hydrogen) atoms. The second-order valence-corrected chi connectivity index (χ2v) is 4.89. The lowest BCUT2D eigenvalue weighted by Crippen LogP contribution is -2.41. The molecule has 2 unspecified atom stereocenters. The molecule has 2 saturated carbocycles. The number of carbonyl (C=O) groups excluding carboxylic acids is 1. The average molecular weight is 235 g/mol. The summed E-state index contributed by atoms with van der Waals surface area (Å²) < 4.78 is 36.7. The van der Waals surface area contributed by atoms with E-state index in [1.807, 2.05) is 0 Å². The van der Waals surface area contributed by atoms with Gasteiger partial charge in [0.25, 0.3) is 0 Å². The molecule has 0 radical (unpaired) electrons. The molecule has 2 fully saturated rings. The van der Waals surface area contributed by atoms with Gasteiger partial charge in [-0.3, -0.25) is 4.79 Å². The monoisotopic (exact) mass is 235 g/mol. The van der Waals surface area contributed by atoms with E-state index in [0.29, 0.717) is 11.8 Å². The molecule has 0 saturated heterocycles. The first-order chi connectivity index (χ1) is 7.40. The van der Waals surface area contributed by atoms with Gasteiger partial charge in [-0.05, 0) is 38.0 Å². The van der Waals surface area contributed by atoms with Crippen molar-refractivity contribution in [2.24, 2.45) is 17.8 Å². The van der Waals surface area contributed by atoms with Crippen LogP contribution >= 0.6 is 0 Å². The summed E-state index contributed by atoms with van der Waals surface area (Å²) >= 11 is 0. The van der Waals surface area contributed by atoms with Crippen molar-refractivity contribution < 1.29 is 18.0 Å². The molecular weight excluding hydrogens is 219 g/mol. The number of rotatable bonds is 3. The van der Waals surface area contributed by atoms with Gasteiger partial charge in [0.1, 0.15) is 6.54 Å². The Bertz CT molecular complexity index is 279. The third-order valence-corrected chi connectivity index (χ3v) is 3.66. The number of hydrogen-bond acceptors (Lipinski definition) is 1. The minimum Gasteiger partial charge on any atom is -0.334 e. The Morgan fingerprint density at radius 3 is 2.25 bits per heavy atom. The molecule has 0 N–H and O–H groups in total. The van der Waals surface area contributed by atoms with Gasteiger partial charge in [0.2, 0.25) is 5.91 Å². The van der Waals surface area contributed by atoms with Crippen LogP contribution < -0.4 is 0 Å². The van der Waals surface area contributed by atoms with Crippen molar-refractivity contribution in [3.63, 3.8) is 0 Å². The Labute approximate surface area is 92.8 Å². The summed E-state index contributed by atoms with van der Waals surface area (Å²) in [4.78, 5) is 12.8. The molecule has 0 aromatic rings. The van der Waals surface area contributed by atoms with Crippen LogP contribution in [0.3, 0.4) is 0 Å². The molecule has 2 nitrogen and oxygen atoms in total. The maximum absolute atomic E-state index is 12.2. The second-order valence-electron chi connectivity index (χ2n) is 4.89. The first-order valence-electron chi connectivity index (χ1n) is 5.76. The summed E-state index contributed by atoms with van der Waals surface area (Å²) in [6.07, 6.45) is -1.50. The van der Waals surface area contributed by atoms with Crippen LogP contribution in [0.1, 0.15) is 26.2 Å². The fraction of sp³-hybridized carbons (Fsp3) is 0.909. The number of hydrogen-bond donors (Lipinski definition) is 0. The molecule has 2 aliphatic carbocycles. The second kappa shape index (κ2) is 3.93. The summed E-state index contributed by atoms with van der Waals surface area (Å²) in [6, 6.07) is 0. The Morgan fingerprint density at radius 1 is 1.25 bits per heavy atom. The maximum Gasteiger partial charge on any atom is 0.406 e. The number of nitrogens with zero attached hydrogens (tertiary/aromatic N) is 1. The van der Waals surface area contributed by atoms with Crippen LogP contribution in [0.4, 0.5) is 13.2 Å². The molecule has 2 atom stereocenters. The van der Waals surface area contributed by atoms with Gasteiger partial charge >= 0.3 is 6.18 Å². The summed E-state index contributed by atoms with van der Waals surface area (Å²) in [5.74, 6) is 0.801. The molecule has 2 rings (SSSR count). The topological polar surface area (TPSA) is 20.3 Å². The lowest BCUT2D eigenvalue weighted by atomic mass is 10.0. The van der Waals surface area contributed by atoms with Crippen molar-refractivity contribution in [2.75, 3.05) is 13.1 Å². The van der Waals surface area contributed by atoms with E-state index in [1.54, 1.807) is 6.92 Å². The SMILES string of the molecule is CCN(CC(F)(F)F)C(=O)C1CC2CC2C1. The van der Waals surface area contributed by atoms with Gasteiger partial charge in [0, 0.05) is 12.5 Å². The Kier molecular flexibility index (Phi) is 2.88. The van der Waals surface area contributed by atoms with Crippen molar-refractivity contribution in [3.8, 4) is 0 Å². The Hall–Kier alpha value is -0.740.